The monoisotopic (exact) mass is 281 g/mol. The zero-order valence-corrected chi connectivity index (χ0v) is 12.2. The van der Waals surface area contributed by atoms with Gasteiger partial charge in [-0.25, -0.2) is 0 Å². The Kier molecular flexibility index (Phi) is 5.19. The van der Waals surface area contributed by atoms with Crippen LogP contribution in [0.1, 0.15) is 12.6 Å². The summed E-state index contributed by atoms with van der Waals surface area (Å²) in [6, 6.07) is 8.30. The van der Waals surface area contributed by atoms with Crippen LogP contribution in [0.15, 0.2) is 24.3 Å². The molecule has 0 fully saturated rings. The summed E-state index contributed by atoms with van der Waals surface area (Å²) in [7, 11) is 1.66. The van der Waals surface area contributed by atoms with E-state index in [9.17, 15) is 0 Å². The van der Waals surface area contributed by atoms with Crippen molar-refractivity contribution >= 4 is 22.5 Å². The van der Waals surface area contributed by atoms with E-state index < -0.39 is 0 Å². The third kappa shape index (κ3) is 3.47. The highest BCUT2D eigenvalue weighted by Gasteiger charge is 2.09. The van der Waals surface area contributed by atoms with Crippen LogP contribution in [0.2, 0.25) is 0 Å². The van der Waals surface area contributed by atoms with Crippen LogP contribution < -0.4 is 5.32 Å². The van der Waals surface area contributed by atoms with Crippen molar-refractivity contribution in [3.05, 3.63) is 30.0 Å². The summed E-state index contributed by atoms with van der Waals surface area (Å²) in [6.45, 7) is 4.97. The summed E-state index contributed by atoms with van der Waals surface area (Å²) < 4.78 is 7.03. The minimum Gasteiger partial charge on any atom is -0.383 e. The molecular formula is C14H20ClN3O. The molecule has 2 rings (SSSR count). The van der Waals surface area contributed by atoms with Gasteiger partial charge in [-0.15, -0.1) is 11.6 Å². The Bertz CT molecular complexity index is 526. The Balaban J connectivity index is 2.04. The van der Waals surface area contributed by atoms with Crippen LogP contribution >= 0.6 is 11.6 Å². The SMILES string of the molecule is CCn1nc(CNCC(Cl)COC)c2ccccc21. The van der Waals surface area contributed by atoms with Crippen molar-refractivity contribution in [1.82, 2.24) is 15.1 Å². The molecule has 0 bridgehead atoms. The van der Waals surface area contributed by atoms with E-state index in [4.69, 9.17) is 16.3 Å². The third-order valence-corrected chi connectivity index (χ3v) is 3.32. The van der Waals surface area contributed by atoms with Gasteiger partial charge in [-0.1, -0.05) is 18.2 Å². The van der Waals surface area contributed by atoms with E-state index in [0.29, 0.717) is 13.2 Å². The zero-order valence-electron chi connectivity index (χ0n) is 11.4. The number of aromatic nitrogens is 2. The average molecular weight is 282 g/mol. The van der Waals surface area contributed by atoms with Crippen LogP contribution in [-0.2, 0) is 17.8 Å². The molecule has 0 aliphatic heterocycles. The quantitative estimate of drug-likeness (QED) is 0.792. The van der Waals surface area contributed by atoms with E-state index in [1.165, 1.54) is 10.9 Å². The van der Waals surface area contributed by atoms with Gasteiger partial charge in [-0.05, 0) is 13.0 Å². The number of ether oxygens (including phenoxy) is 1. The van der Waals surface area contributed by atoms with Gasteiger partial charge in [0.05, 0.1) is 23.2 Å². The molecule has 1 unspecified atom stereocenters. The van der Waals surface area contributed by atoms with E-state index in [0.717, 1.165) is 18.8 Å². The topological polar surface area (TPSA) is 39.1 Å². The van der Waals surface area contributed by atoms with Crippen molar-refractivity contribution in [2.45, 2.75) is 25.4 Å². The Morgan fingerprint density at radius 1 is 1.42 bits per heavy atom. The summed E-state index contributed by atoms with van der Waals surface area (Å²) in [6.07, 6.45) is 0. The lowest BCUT2D eigenvalue weighted by Gasteiger charge is -2.08. The number of hydrogen-bond donors (Lipinski definition) is 1. The molecule has 1 heterocycles. The first-order valence-corrected chi connectivity index (χ1v) is 6.98. The third-order valence-electron chi connectivity index (χ3n) is 3.04. The second-order valence-electron chi connectivity index (χ2n) is 4.46. The number of methoxy groups -OCH3 is 1. The molecule has 0 radical (unpaired) electrons. The molecule has 5 heteroatoms. The largest absolute Gasteiger partial charge is 0.383 e. The first-order valence-electron chi connectivity index (χ1n) is 6.54. The highest BCUT2D eigenvalue weighted by atomic mass is 35.5. The summed E-state index contributed by atoms with van der Waals surface area (Å²) in [4.78, 5) is 0. The lowest BCUT2D eigenvalue weighted by Crippen LogP contribution is -2.26. The number of benzene rings is 1. The van der Waals surface area contributed by atoms with E-state index in [1.807, 2.05) is 16.8 Å². The van der Waals surface area contributed by atoms with Gasteiger partial charge in [-0.3, -0.25) is 4.68 Å². The van der Waals surface area contributed by atoms with Crippen LogP contribution in [-0.4, -0.2) is 35.4 Å². The molecule has 0 aliphatic rings. The summed E-state index contributed by atoms with van der Waals surface area (Å²) in [5, 5.41) is 9.15. The number of rotatable bonds is 7. The summed E-state index contributed by atoms with van der Waals surface area (Å²) in [5.74, 6) is 0. The highest BCUT2D eigenvalue weighted by Crippen LogP contribution is 2.18. The average Bonchev–Trinajstić information content (AvgIpc) is 2.78. The maximum Gasteiger partial charge on any atom is 0.0841 e. The standard InChI is InChI=1S/C14H20ClN3O/c1-3-18-14-7-5-4-6-12(14)13(17-18)9-16-8-11(15)10-19-2/h4-7,11,16H,3,8-10H2,1-2H3. The molecule has 19 heavy (non-hydrogen) atoms. The lowest BCUT2D eigenvalue weighted by molar-refractivity contribution is 0.197. The molecule has 1 aromatic carbocycles. The van der Waals surface area contributed by atoms with Gasteiger partial charge >= 0.3 is 0 Å². The van der Waals surface area contributed by atoms with Gasteiger partial charge in [0.2, 0.25) is 0 Å². The number of hydrogen-bond acceptors (Lipinski definition) is 3. The van der Waals surface area contributed by atoms with Crippen LogP contribution in [0.5, 0.6) is 0 Å². The number of fused-ring (bicyclic) bond motifs is 1. The molecule has 0 saturated carbocycles. The fraction of sp³-hybridized carbons (Fsp3) is 0.500. The molecular weight excluding hydrogens is 262 g/mol. The first kappa shape index (κ1) is 14.3. The van der Waals surface area contributed by atoms with E-state index in [-0.39, 0.29) is 5.38 Å². The van der Waals surface area contributed by atoms with E-state index in [1.54, 1.807) is 7.11 Å². The summed E-state index contributed by atoms with van der Waals surface area (Å²) >= 11 is 6.08. The number of aryl methyl sites for hydroxylation is 1. The van der Waals surface area contributed by atoms with Crippen molar-refractivity contribution in [1.29, 1.82) is 0 Å². The molecule has 104 valence electrons. The molecule has 4 nitrogen and oxygen atoms in total. The number of alkyl halides is 1. The Morgan fingerprint density at radius 2 is 2.21 bits per heavy atom. The van der Waals surface area contributed by atoms with Crippen molar-refractivity contribution in [2.75, 3.05) is 20.3 Å². The van der Waals surface area contributed by atoms with Crippen LogP contribution in [0, 0.1) is 0 Å². The van der Waals surface area contributed by atoms with Crippen molar-refractivity contribution in [2.24, 2.45) is 0 Å². The van der Waals surface area contributed by atoms with Crippen LogP contribution in [0.4, 0.5) is 0 Å². The maximum atomic E-state index is 6.08. The number of nitrogens with zero attached hydrogens (tertiary/aromatic N) is 2. The smallest absolute Gasteiger partial charge is 0.0841 e. The maximum absolute atomic E-state index is 6.08. The first-order chi connectivity index (χ1) is 9.26. The molecule has 0 aliphatic carbocycles. The Hall–Kier alpha value is -1.10. The van der Waals surface area contributed by atoms with Crippen LogP contribution in [0.3, 0.4) is 0 Å². The second kappa shape index (κ2) is 6.89. The summed E-state index contributed by atoms with van der Waals surface area (Å²) in [5.41, 5.74) is 2.25. The fourth-order valence-electron chi connectivity index (χ4n) is 2.15. The number of halogens is 1. The van der Waals surface area contributed by atoms with Crippen molar-refractivity contribution in [3.63, 3.8) is 0 Å². The predicted molar refractivity (Wildman–Crippen MR) is 78.6 cm³/mol. The number of para-hydroxylation sites is 1. The molecule has 0 spiro atoms. The minimum atomic E-state index is -0.00970. The van der Waals surface area contributed by atoms with Crippen molar-refractivity contribution < 1.29 is 4.74 Å². The minimum absolute atomic E-state index is 0.00970. The van der Waals surface area contributed by atoms with Gasteiger partial charge in [-0.2, -0.15) is 5.10 Å². The van der Waals surface area contributed by atoms with Gasteiger partial charge < -0.3 is 10.1 Å². The lowest BCUT2D eigenvalue weighted by atomic mass is 10.2. The predicted octanol–water partition coefficient (Wildman–Crippen LogP) is 2.40. The van der Waals surface area contributed by atoms with E-state index >= 15 is 0 Å². The molecule has 2 aromatic rings. The molecule has 0 saturated heterocycles. The normalized spacial score (nSPS) is 13.0. The van der Waals surface area contributed by atoms with Crippen LogP contribution in [0.25, 0.3) is 10.9 Å². The Morgan fingerprint density at radius 3 is 2.95 bits per heavy atom. The molecule has 1 aromatic heterocycles. The fourth-order valence-corrected chi connectivity index (χ4v) is 2.39. The van der Waals surface area contributed by atoms with Gasteiger partial charge in [0, 0.05) is 32.1 Å². The molecule has 1 N–H and O–H groups in total. The highest BCUT2D eigenvalue weighted by molar-refractivity contribution is 6.20. The zero-order chi connectivity index (χ0) is 13.7. The van der Waals surface area contributed by atoms with Gasteiger partial charge in [0.1, 0.15) is 0 Å². The molecule has 0 amide bonds. The number of nitrogens with one attached hydrogen (secondary N) is 1. The van der Waals surface area contributed by atoms with E-state index in [2.05, 4.69) is 29.5 Å². The Labute approximate surface area is 118 Å². The molecule has 1 atom stereocenters. The van der Waals surface area contributed by atoms with Crippen molar-refractivity contribution in [3.8, 4) is 0 Å². The van der Waals surface area contributed by atoms with Gasteiger partial charge in [0.15, 0.2) is 0 Å². The second-order valence-corrected chi connectivity index (χ2v) is 5.08. The van der Waals surface area contributed by atoms with Gasteiger partial charge in [0.25, 0.3) is 0 Å².